The molecule has 1 N–H and O–H groups in total. The van der Waals surface area contributed by atoms with Gasteiger partial charge < -0.3 is 10.2 Å². The molecule has 1 aliphatic heterocycles. The summed E-state index contributed by atoms with van der Waals surface area (Å²) in [4.78, 5) is 23.1. The second kappa shape index (κ2) is 4.25. The predicted octanol–water partition coefficient (Wildman–Crippen LogP) is -0.0107. The summed E-state index contributed by atoms with van der Waals surface area (Å²) in [5, 5.41) is 2.78. The summed E-state index contributed by atoms with van der Waals surface area (Å²) >= 11 is 0. The Morgan fingerprint density at radius 3 is 2.77 bits per heavy atom. The van der Waals surface area contributed by atoms with E-state index in [0.717, 1.165) is 25.9 Å². The van der Waals surface area contributed by atoms with E-state index in [1.54, 1.807) is 6.92 Å². The van der Waals surface area contributed by atoms with Crippen molar-refractivity contribution >= 4 is 12.3 Å². The van der Waals surface area contributed by atoms with Crippen molar-refractivity contribution < 1.29 is 9.59 Å². The lowest BCUT2D eigenvalue weighted by Crippen LogP contribution is -2.49. The van der Waals surface area contributed by atoms with Crippen LogP contribution < -0.4 is 5.32 Å². The van der Waals surface area contributed by atoms with Gasteiger partial charge in [0.05, 0.1) is 0 Å². The van der Waals surface area contributed by atoms with Crippen LogP contribution in [0.4, 0.5) is 0 Å². The Bertz CT molecular complexity index is 206. The van der Waals surface area contributed by atoms with Gasteiger partial charge >= 0.3 is 0 Å². The minimum Gasteiger partial charge on any atom is -0.356 e. The highest BCUT2D eigenvalue weighted by Gasteiger charge is 2.26. The SMILES string of the molecule is CC(=O)N1CCC(NC=O)C(C)C1. The molecule has 4 nitrogen and oxygen atoms in total. The van der Waals surface area contributed by atoms with Crippen molar-refractivity contribution in [1.82, 2.24) is 10.2 Å². The van der Waals surface area contributed by atoms with Crippen molar-refractivity contribution in [2.45, 2.75) is 26.3 Å². The van der Waals surface area contributed by atoms with Crippen molar-refractivity contribution in [3.63, 3.8) is 0 Å². The van der Waals surface area contributed by atoms with Crippen LogP contribution in [-0.2, 0) is 9.59 Å². The van der Waals surface area contributed by atoms with Gasteiger partial charge in [0.15, 0.2) is 0 Å². The highest BCUT2D eigenvalue weighted by Crippen LogP contribution is 2.16. The summed E-state index contributed by atoms with van der Waals surface area (Å²) in [5.41, 5.74) is 0. The van der Waals surface area contributed by atoms with Gasteiger partial charge in [0.25, 0.3) is 0 Å². The number of likely N-dealkylation sites (tertiary alicyclic amines) is 1. The molecule has 0 radical (unpaired) electrons. The molecule has 0 aromatic heterocycles. The molecule has 13 heavy (non-hydrogen) atoms. The van der Waals surface area contributed by atoms with Gasteiger partial charge in [0, 0.05) is 26.1 Å². The summed E-state index contributed by atoms with van der Waals surface area (Å²) < 4.78 is 0. The summed E-state index contributed by atoms with van der Waals surface area (Å²) in [6.07, 6.45) is 1.60. The van der Waals surface area contributed by atoms with E-state index in [2.05, 4.69) is 12.2 Å². The lowest BCUT2D eigenvalue weighted by atomic mass is 9.94. The van der Waals surface area contributed by atoms with E-state index in [0.29, 0.717) is 5.92 Å². The van der Waals surface area contributed by atoms with Crippen molar-refractivity contribution in [3.8, 4) is 0 Å². The number of carbonyl (C=O) groups excluding carboxylic acids is 2. The zero-order valence-corrected chi connectivity index (χ0v) is 8.12. The first-order valence-corrected chi connectivity index (χ1v) is 4.60. The highest BCUT2D eigenvalue weighted by atomic mass is 16.2. The third-order valence-corrected chi connectivity index (χ3v) is 2.63. The molecular weight excluding hydrogens is 168 g/mol. The number of rotatable bonds is 2. The number of hydrogen-bond donors (Lipinski definition) is 1. The summed E-state index contributed by atoms with van der Waals surface area (Å²) in [5.74, 6) is 0.472. The normalized spacial score (nSPS) is 28.3. The van der Waals surface area contributed by atoms with Gasteiger partial charge in [-0.15, -0.1) is 0 Å². The van der Waals surface area contributed by atoms with Gasteiger partial charge in [-0.05, 0) is 12.3 Å². The Labute approximate surface area is 78.3 Å². The Hall–Kier alpha value is -1.06. The molecule has 1 heterocycles. The molecule has 74 valence electrons. The Morgan fingerprint density at radius 1 is 1.62 bits per heavy atom. The van der Waals surface area contributed by atoms with Crippen molar-refractivity contribution in [1.29, 1.82) is 0 Å². The summed E-state index contributed by atoms with van der Waals surface area (Å²) in [6.45, 7) is 5.14. The molecule has 1 rings (SSSR count). The standard InChI is InChI=1S/C9H16N2O2/c1-7-5-11(8(2)13)4-3-9(7)10-6-12/h6-7,9H,3-5H2,1-2H3,(H,10,12). The molecule has 0 bridgehead atoms. The van der Waals surface area contributed by atoms with Crippen LogP contribution in [0.1, 0.15) is 20.3 Å². The van der Waals surface area contributed by atoms with Crippen LogP contribution in [0.25, 0.3) is 0 Å². The maximum Gasteiger partial charge on any atom is 0.219 e. The monoisotopic (exact) mass is 184 g/mol. The Kier molecular flexibility index (Phi) is 3.28. The van der Waals surface area contributed by atoms with Gasteiger partial charge in [-0.2, -0.15) is 0 Å². The first-order chi connectivity index (χ1) is 6.15. The molecule has 2 atom stereocenters. The first kappa shape index (κ1) is 10.0. The second-order valence-electron chi connectivity index (χ2n) is 3.62. The molecular formula is C9H16N2O2. The fraction of sp³-hybridized carbons (Fsp3) is 0.778. The molecule has 0 aromatic carbocycles. The van der Waals surface area contributed by atoms with Crippen LogP contribution >= 0.6 is 0 Å². The van der Waals surface area contributed by atoms with Gasteiger partial charge in [-0.25, -0.2) is 0 Å². The number of nitrogens with one attached hydrogen (secondary N) is 1. The van der Waals surface area contributed by atoms with E-state index in [-0.39, 0.29) is 11.9 Å². The first-order valence-electron chi connectivity index (χ1n) is 4.60. The minimum atomic E-state index is 0.122. The molecule has 1 saturated heterocycles. The largest absolute Gasteiger partial charge is 0.356 e. The zero-order chi connectivity index (χ0) is 9.84. The fourth-order valence-electron chi connectivity index (χ4n) is 1.77. The lowest BCUT2D eigenvalue weighted by Gasteiger charge is -2.36. The highest BCUT2D eigenvalue weighted by molar-refractivity contribution is 5.73. The Morgan fingerprint density at radius 2 is 2.31 bits per heavy atom. The molecule has 1 fully saturated rings. The van der Waals surface area contributed by atoms with Gasteiger partial charge in [-0.3, -0.25) is 9.59 Å². The van der Waals surface area contributed by atoms with E-state index in [1.807, 2.05) is 4.90 Å². The van der Waals surface area contributed by atoms with Crippen LogP contribution in [0.2, 0.25) is 0 Å². The predicted molar refractivity (Wildman–Crippen MR) is 49.0 cm³/mol. The summed E-state index contributed by atoms with van der Waals surface area (Å²) in [7, 11) is 0. The van der Waals surface area contributed by atoms with Gasteiger partial charge in [-0.1, -0.05) is 6.92 Å². The number of carbonyl (C=O) groups is 2. The van der Waals surface area contributed by atoms with Crippen LogP contribution in [0.5, 0.6) is 0 Å². The smallest absolute Gasteiger partial charge is 0.219 e. The van der Waals surface area contributed by atoms with Gasteiger partial charge in [0.2, 0.25) is 12.3 Å². The van der Waals surface area contributed by atoms with Gasteiger partial charge in [0.1, 0.15) is 0 Å². The number of amides is 2. The lowest BCUT2D eigenvalue weighted by molar-refractivity contribution is -0.130. The molecule has 0 aliphatic carbocycles. The average Bonchev–Trinajstić information content (AvgIpc) is 2.08. The van der Waals surface area contributed by atoms with E-state index in [1.165, 1.54) is 0 Å². The number of piperidine rings is 1. The quantitative estimate of drug-likeness (QED) is 0.614. The second-order valence-corrected chi connectivity index (χ2v) is 3.62. The molecule has 0 aromatic rings. The van der Waals surface area contributed by atoms with E-state index < -0.39 is 0 Å². The molecule has 2 unspecified atom stereocenters. The third kappa shape index (κ3) is 2.44. The van der Waals surface area contributed by atoms with Crippen LogP contribution in [-0.4, -0.2) is 36.3 Å². The summed E-state index contributed by atoms with van der Waals surface area (Å²) in [6, 6.07) is 0.230. The van der Waals surface area contributed by atoms with Crippen molar-refractivity contribution in [2.24, 2.45) is 5.92 Å². The Balaban J connectivity index is 2.46. The minimum absolute atomic E-state index is 0.122. The molecule has 0 saturated carbocycles. The topological polar surface area (TPSA) is 49.4 Å². The zero-order valence-electron chi connectivity index (χ0n) is 8.12. The molecule has 0 spiro atoms. The van der Waals surface area contributed by atoms with Crippen LogP contribution in [0, 0.1) is 5.92 Å². The van der Waals surface area contributed by atoms with E-state index in [4.69, 9.17) is 0 Å². The molecule has 2 amide bonds. The maximum absolute atomic E-state index is 11.0. The van der Waals surface area contributed by atoms with Crippen LogP contribution in [0.3, 0.4) is 0 Å². The average molecular weight is 184 g/mol. The fourth-order valence-corrected chi connectivity index (χ4v) is 1.77. The maximum atomic E-state index is 11.0. The van der Waals surface area contributed by atoms with E-state index in [9.17, 15) is 9.59 Å². The molecule has 1 aliphatic rings. The number of hydrogen-bond acceptors (Lipinski definition) is 2. The van der Waals surface area contributed by atoms with Crippen molar-refractivity contribution in [2.75, 3.05) is 13.1 Å². The third-order valence-electron chi connectivity index (χ3n) is 2.63. The number of nitrogens with zero attached hydrogens (tertiary/aromatic N) is 1. The van der Waals surface area contributed by atoms with E-state index >= 15 is 0 Å². The molecule has 4 heteroatoms. The van der Waals surface area contributed by atoms with Crippen molar-refractivity contribution in [3.05, 3.63) is 0 Å². The van der Waals surface area contributed by atoms with Crippen LogP contribution in [0.15, 0.2) is 0 Å².